The Balaban J connectivity index is 3.28. The number of esters is 1. The fraction of sp³-hybridized carbons (Fsp3) is 0.833. The molecule has 1 unspecified atom stereocenters. The second-order valence-corrected chi connectivity index (χ2v) is 6.54. The zero-order valence-corrected chi connectivity index (χ0v) is 14.7. The Morgan fingerprint density at radius 1 is 1.00 bits per heavy atom. The molecule has 0 aliphatic rings. The van der Waals surface area contributed by atoms with Crippen molar-refractivity contribution in [2.45, 2.75) is 89.9 Å². The van der Waals surface area contributed by atoms with Crippen LogP contribution in [0.15, 0.2) is 12.2 Å². The van der Waals surface area contributed by atoms with Crippen LogP contribution in [0.3, 0.4) is 0 Å². The highest BCUT2D eigenvalue weighted by atomic mass is 35.5. The molecule has 21 heavy (non-hydrogen) atoms. The van der Waals surface area contributed by atoms with Gasteiger partial charge in [-0.15, -0.1) is 11.6 Å². The van der Waals surface area contributed by atoms with Crippen LogP contribution in [0.5, 0.6) is 0 Å². The van der Waals surface area contributed by atoms with Gasteiger partial charge in [-0.3, -0.25) is 0 Å². The molecule has 0 aliphatic carbocycles. The Hall–Kier alpha value is -0.500. The summed E-state index contributed by atoms with van der Waals surface area (Å²) in [6.07, 6.45) is 13.7. The van der Waals surface area contributed by atoms with Crippen molar-refractivity contribution in [1.82, 2.24) is 0 Å². The second-order valence-electron chi connectivity index (χ2n) is 5.92. The van der Waals surface area contributed by atoms with Crippen LogP contribution in [0, 0.1) is 0 Å². The van der Waals surface area contributed by atoms with Crippen molar-refractivity contribution in [2.75, 3.05) is 6.61 Å². The Morgan fingerprint density at radius 2 is 1.52 bits per heavy atom. The van der Waals surface area contributed by atoms with Crippen LogP contribution in [0.4, 0.5) is 0 Å². The summed E-state index contributed by atoms with van der Waals surface area (Å²) in [6.45, 7) is 7.85. The van der Waals surface area contributed by atoms with Crippen LogP contribution >= 0.6 is 11.6 Å². The zero-order chi connectivity index (χ0) is 15.9. The molecule has 0 radical (unpaired) electrons. The molecule has 0 bridgehead atoms. The van der Waals surface area contributed by atoms with Gasteiger partial charge in [0.2, 0.25) is 0 Å². The van der Waals surface area contributed by atoms with Gasteiger partial charge >= 0.3 is 5.97 Å². The van der Waals surface area contributed by atoms with Gasteiger partial charge in [0.1, 0.15) is 0 Å². The number of ether oxygens (including phenoxy) is 1. The first-order chi connectivity index (χ1) is 10.1. The van der Waals surface area contributed by atoms with Crippen molar-refractivity contribution in [2.24, 2.45) is 0 Å². The molecule has 0 saturated carbocycles. The van der Waals surface area contributed by atoms with Crippen LogP contribution < -0.4 is 0 Å². The number of hydrogen-bond acceptors (Lipinski definition) is 2. The topological polar surface area (TPSA) is 26.3 Å². The van der Waals surface area contributed by atoms with E-state index in [-0.39, 0.29) is 11.3 Å². The Morgan fingerprint density at radius 3 is 2.05 bits per heavy atom. The second kappa shape index (κ2) is 14.4. The van der Waals surface area contributed by atoms with E-state index in [1.165, 1.54) is 57.8 Å². The van der Waals surface area contributed by atoms with E-state index in [2.05, 4.69) is 13.5 Å². The molecule has 0 N–H and O–H groups in total. The van der Waals surface area contributed by atoms with E-state index in [4.69, 9.17) is 16.3 Å². The monoisotopic (exact) mass is 316 g/mol. The highest BCUT2D eigenvalue weighted by Gasteiger charge is 2.07. The van der Waals surface area contributed by atoms with Crippen molar-refractivity contribution in [1.29, 1.82) is 0 Å². The molecule has 124 valence electrons. The van der Waals surface area contributed by atoms with Gasteiger partial charge in [-0.05, 0) is 19.8 Å². The first-order valence-electron chi connectivity index (χ1n) is 8.54. The van der Waals surface area contributed by atoms with Crippen molar-refractivity contribution in [3.8, 4) is 0 Å². The lowest BCUT2D eigenvalue weighted by atomic mass is 10.1. The molecule has 0 aromatic carbocycles. The molecule has 0 amide bonds. The fourth-order valence-corrected chi connectivity index (χ4v) is 2.47. The third-order valence-corrected chi connectivity index (χ3v) is 4.07. The summed E-state index contributed by atoms with van der Waals surface area (Å²) in [7, 11) is 0. The number of carbonyl (C=O) groups is 1. The van der Waals surface area contributed by atoms with Crippen molar-refractivity contribution >= 4 is 17.6 Å². The highest BCUT2D eigenvalue weighted by Crippen LogP contribution is 2.15. The number of halogens is 1. The van der Waals surface area contributed by atoms with Gasteiger partial charge in [0.15, 0.2) is 0 Å². The minimum absolute atomic E-state index is 0.118. The third-order valence-electron chi connectivity index (χ3n) is 3.63. The molecule has 0 saturated heterocycles. The predicted octanol–water partition coefficient (Wildman–Crippen LogP) is 6.02. The number of unbranched alkanes of at least 4 members (excludes halogenated alkanes) is 8. The molecule has 0 spiro atoms. The first-order valence-corrected chi connectivity index (χ1v) is 8.98. The van der Waals surface area contributed by atoms with Crippen LogP contribution in [-0.2, 0) is 9.53 Å². The molecule has 0 aromatic heterocycles. The summed E-state index contributed by atoms with van der Waals surface area (Å²) in [5.74, 6) is -0.318. The lowest BCUT2D eigenvalue weighted by Gasteiger charge is -2.10. The normalized spacial score (nSPS) is 12.1. The van der Waals surface area contributed by atoms with Crippen LogP contribution in [0.2, 0.25) is 0 Å². The maximum absolute atomic E-state index is 11.2. The summed E-state index contributed by atoms with van der Waals surface area (Å²) in [4.78, 5) is 11.2. The lowest BCUT2D eigenvalue weighted by Crippen LogP contribution is -2.10. The molecule has 3 heteroatoms. The van der Waals surface area contributed by atoms with Crippen molar-refractivity contribution < 1.29 is 9.53 Å². The number of hydrogen-bond donors (Lipinski definition) is 0. The van der Waals surface area contributed by atoms with E-state index < -0.39 is 0 Å². The standard InChI is InChI=1S/C18H33ClO2/c1-4-5-6-7-8-9-10-11-12-13-17(19)14-15-21-18(20)16(2)3/h17H,2,4-15H2,1,3H3. The molecular weight excluding hydrogens is 284 g/mol. The molecule has 0 rings (SSSR count). The number of carbonyl (C=O) groups excluding carboxylic acids is 1. The largest absolute Gasteiger partial charge is 0.462 e. The quantitative estimate of drug-likeness (QED) is 0.169. The summed E-state index contributed by atoms with van der Waals surface area (Å²) in [5, 5.41) is 0.118. The first kappa shape index (κ1) is 20.5. The summed E-state index contributed by atoms with van der Waals surface area (Å²) in [5.41, 5.74) is 0.444. The van der Waals surface area contributed by atoms with E-state index in [9.17, 15) is 4.79 Å². The third kappa shape index (κ3) is 14.2. The molecule has 2 nitrogen and oxygen atoms in total. The molecule has 0 aliphatic heterocycles. The van der Waals surface area contributed by atoms with Gasteiger partial charge in [0.05, 0.1) is 6.61 Å². The maximum Gasteiger partial charge on any atom is 0.333 e. The van der Waals surface area contributed by atoms with Gasteiger partial charge < -0.3 is 4.74 Å². The van der Waals surface area contributed by atoms with Gasteiger partial charge in [-0.1, -0.05) is 71.3 Å². The predicted molar refractivity (Wildman–Crippen MR) is 91.9 cm³/mol. The lowest BCUT2D eigenvalue weighted by molar-refractivity contribution is -0.139. The summed E-state index contributed by atoms with van der Waals surface area (Å²) < 4.78 is 5.04. The summed E-state index contributed by atoms with van der Waals surface area (Å²) >= 11 is 6.23. The Labute approximate surface area is 136 Å². The van der Waals surface area contributed by atoms with Gasteiger partial charge in [-0.2, -0.15) is 0 Å². The van der Waals surface area contributed by atoms with E-state index in [1.54, 1.807) is 6.92 Å². The van der Waals surface area contributed by atoms with Crippen LogP contribution in [0.1, 0.15) is 84.5 Å². The average Bonchev–Trinajstić information content (AvgIpc) is 2.45. The Kier molecular flexibility index (Phi) is 14.1. The van der Waals surface area contributed by atoms with Crippen LogP contribution in [0.25, 0.3) is 0 Å². The Bertz CT molecular complexity index is 276. The van der Waals surface area contributed by atoms with E-state index in [0.29, 0.717) is 12.2 Å². The van der Waals surface area contributed by atoms with E-state index >= 15 is 0 Å². The van der Waals surface area contributed by atoms with Gasteiger partial charge in [0.25, 0.3) is 0 Å². The SMILES string of the molecule is C=C(C)C(=O)OCCC(Cl)CCCCCCCCCCC. The smallest absolute Gasteiger partial charge is 0.333 e. The average molecular weight is 317 g/mol. The molecule has 1 atom stereocenters. The van der Waals surface area contributed by atoms with Crippen molar-refractivity contribution in [3.63, 3.8) is 0 Å². The van der Waals surface area contributed by atoms with Gasteiger partial charge in [0, 0.05) is 11.0 Å². The summed E-state index contributed by atoms with van der Waals surface area (Å²) in [6, 6.07) is 0. The number of alkyl halides is 1. The van der Waals surface area contributed by atoms with Crippen LogP contribution in [-0.4, -0.2) is 18.0 Å². The number of rotatable bonds is 14. The minimum atomic E-state index is -0.318. The highest BCUT2D eigenvalue weighted by molar-refractivity contribution is 6.20. The molecular formula is C18H33ClO2. The molecule has 0 aromatic rings. The maximum atomic E-state index is 11.2. The van der Waals surface area contributed by atoms with Gasteiger partial charge in [-0.25, -0.2) is 4.79 Å². The zero-order valence-electron chi connectivity index (χ0n) is 14.0. The van der Waals surface area contributed by atoms with Crippen molar-refractivity contribution in [3.05, 3.63) is 12.2 Å². The van der Waals surface area contributed by atoms with E-state index in [0.717, 1.165) is 12.8 Å². The van der Waals surface area contributed by atoms with E-state index in [1.807, 2.05) is 0 Å². The fourth-order valence-electron chi connectivity index (χ4n) is 2.22. The molecule has 0 heterocycles. The molecule has 0 fully saturated rings. The minimum Gasteiger partial charge on any atom is -0.462 e.